The Balaban J connectivity index is 2.17. The van der Waals surface area contributed by atoms with Crippen LogP contribution >= 0.6 is 0 Å². The molecule has 2 N–H and O–H groups in total. The highest BCUT2D eigenvalue weighted by Crippen LogP contribution is 2.20. The fraction of sp³-hybridized carbons (Fsp3) is 0.308. The van der Waals surface area contributed by atoms with Gasteiger partial charge in [0.25, 0.3) is 0 Å². The summed E-state index contributed by atoms with van der Waals surface area (Å²) in [6, 6.07) is 7.28. The lowest BCUT2D eigenvalue weighted by molar-refractivity contribution is 0.0698. The van der Waals surface area contributed by atoms with E-state index in [9.17, 15) is 4.79 Å². The molecule has 0 aromatic heterocycles. The first-order valence-corrected chi connectivity index (χ1v) is 5.53. The van der Waals surface area contributed by atoms with E-state index in [1.54, 1.807) is 12.1 Å². The molecule has 0 spiro atoms. The molecule has 1 unspecified atom stereocenters. The minimum absolute atomic E-state index is 0.259. The normalized spacial score (nSPS) is 19.4. The number of hydrogen-bond donors (Lipinski definition) is 2. The number of benzene rings is 1. The average Bonchev–Trinajstić information content (AvgIpc) is 2.31. The second kappa shape index (κ2) is 4.84. The van der Waals surface area contributed by atoms with E-state index < -0.39 is 5.97 Å². The van der Waals surface area contributed by atoms with Crippen LogP contribution in [0.2, 0.25) is 0 Å². The van der Waals surface area contributed by atoms with Crippen molar-refractivity contribution in [3.05, 3.63) is 42.0 Å². The molecule has 0 fully saturated rings. The molecule has 1 aliphatic rings. The van der Waals surface area contributed by atoms with Crippen molar-refractivity contribution in [1.82, 2.24) is 0 Å². The summed E-state index contributed by atoms with van der Waals surface area (Å²) in [6.45, 7) is 0. The predicted octanol–water partition coefficient (Wildman–Crippen LogP) is 2.91. The third-order valence-electron chi connectivity index (χ3n) is 2.75. The quantitative estimate of drug-likeness (QED) is 0.765. The molecule has 0 saturated heterocycles. The molecule has 1 aromatic rings. The number of hydrogen-bond acceptors (Lipinski definition) is 2. The van der Waals surface area contributed by atoms with E-state index in [1.807, 2.05) is 12.1 Å². The van der Waals surface area contributed by atoms with Gasteiger partial charge >= 0.3 is 5.97 Å². The summed E-state index contributed by atoms with van der Waals surface area (Å²) < 4.78 is 0. The summed E-state index contributed by atoms with van der Waals surface area (Å²) in [5.74, 6) is -0.886. The Kier molecular flexibility index (Phi) is 3.25. The molecular formula is C13H15NO2. The Bertz CT molecular complexity index is 412. The number of anilines is 1. The molecule has 0 aliphatic heterocycles. The Labute approximate surface area is 94.8 Å². The number of para-hydroxylation sites is 1. The smallest absolute Gasteiger partial charge is 0.337 e. The first-order valence-electron chi connectivity index (χ1n) is 5.53. The Hall–Kier alpha value is -1.77. The molecule has 2 rings (SSSR count). The van der Waals surface area contributed by atoms with Crippen molar-refractivity contribution in [1.29, 1.82) is 0 Å². The van der Waals surface area contributed by atoms with Gasteiger partial charge in [-0.05, 0) is 31.4 Å². The molecule has 1 aliphatic carbocycles. The summed E-state index contributed by atoms with van der Waals surface area (Å²) in [4.78, 5) is 11.0. The lowest BCUT2D eigenvalue weighted by atomic mass is 10.0. The Morgan fingerprint density at radius 3 is 2.88 bits per heavy atom. The van der Waals surface area contributed by atoms with Gasteiger partial charge in [0.1, 0.15) is 0 Å². The van der Waals surface area contributed by atoms with E-state index in [0.717, 1.165) is 19.3 Å². The highest BCUT2D eigenvalue weighted by atomic mass is 16.4. The van der Waals surface area contributed by atoms with Gasteiger partial charge in [0, 0.05) is 11.7 Å². The maximum atomic E-state index is 11.0. The van der Waals surface area contributed by atoms with Gasteiger partial charge in [-0.15, -0.1) is 0 Å². The van der Waals surface area contributed by atoms with Crippen molar-refractivity contribution in [2.75, 3.05) is 5.32 Å². The minimum Gasteiger partial charge on any atom is -0.478 e. The van der Waals surface area contributed by atoms with Crippen LogP contribution in [0.25, 0.3) is 0 Å². The van der Waals surface area contributed by atoms with E-state index in [4.69, 9.17) is 5.11 Å². The lowest BCUT2D eigenvalue weighted by Crippen LogP contribution is -2.20. The minimum atomic E-state index is -0.886. The zero-order chi connectivity index (χ0) is 11.4. The number of allylic oxidation sites excluding steroid dienone is 1. The summed E-state index contributed by atoms with van der Waals surface area (Å²) >= 11 is 0. The van der Waals surface area contributed by atoms with E-state index in [0.29, 0.717) is 11.3 Å². The number of aromatic carboxylic acids is 1. The van der Waals surface area contributed by atoms with Crippen molar-refractivity contribution in [2.24, 2.45) is 0 Å². The standard InChI is InChI=1S/C13H15NO2/c15-13(16)11-8-4-5-9-12(11)14-10-6-2-1-3-7-10/h2,4-6,8-10,14H,1,3,7H2,(H,15,16). The van der Waals surface area contributed by atoms with Crippen molar-refractivity contribution >= 4 is 11.7 Å². The van der Waals surface area contributed by atoms with Crippen LogP contribution in [0.1, 0.15) is 29.6 Å². The van der Waals surface area contributed by atoms with Gasteiger partial charge < -0.3 is 10.4 Å². The maximum absolute atomic E-state index is 11.0. The predicted molar refractivity (Wildman–Crippen MR) is 63.8 cm³/mol. The van der Waals surface area contributed by atoms with Crippen LogP contribution in [0.15, 0.2) is 36.4 Å². The second-order valence-corrected chi connectivity index (χ2v) is 3.96. The molecule has 0 amide bonds. The fourth-order valence-electron chi connectivity index (χ4n) is 1.93. The first kappa shape index (κ1) is 10.7. The van der Waals surface area contributed by atoms with Crippen molar-refractivity contribution in [3.8, 4) is 0 Å². The van der Waals surface area contributed by atoms with Crippen LogP contribution in [0.3, 0.4) is 0 Å². The van der Waals surface area contributed by atoms with Crippen molar-refractivity contribution in [3.63, 3.8) is 0 Å². The molecule has 3 nitrogen and oxygen atoms in total. The number of carboxylic acids is 1. The van der Waals surface area contributed by atoms with Gasteiger partial charge in [0.15, 0.2) is 0 Å². The van der Waals surface area contributed by atoms with E-state index >= 15 is 0 Å². The van der Waals surface area contributed by atoms with Crippen LogP contribution in [0.4, 0.5) is 5.69 Å². The van der Waals surface area contributed by atoms with Crippen molar-refractivity contribution in [2.45, 2.75) is 25.3 Å². The third kappa shape index (κ3) is 2.42. The Morgan fingerprint density at radius 1 is 1.38 bits per heavy atom. The molecule has 0 bridgehead atoms. The van der Waals surface area contributed by atoms with Crippen molar-refractivity contribution < 1.29 is 9.90 Å². The molecule has 16 heavy (non-hydrogen) atoms. The zero-order valence-corrected chi connectivity index (χ0v) is 9.02. The topological polar surface area (TPSA) is 49.3 Å². The fourth-order valence-corrected chi connectivity index (χ4v) is 1.93. The molecule has 0 heterocycles. The highest BCUT2D eigenvalue weighted by molar-refractivity contribution is 5.94. The summed E-state index contributed by atoms with van der Waals surface area (Å²) in [6.07, 6.45) is 7.60. The van der Waals surface area contributed by atoms with Gasteiger partial charge in [-0.2, -0.15) is 0 Å². The van der Waals surface area contributed by atoms with Crippen LogP contribution in [0, 0.1) is 0 Å². The van der Waals surface area contributed by atoms with Crippen LogP contribution in [-0.2, 0) is 0 Å². The van der Waals surface area contributed by atoms with Gasteiger partial charge in [-0.3, -0.25) is 0 Å². The lowest BCUT2D eigenvalue weighted by Gasteiger charge is -2.20. The number of carboxylic acid groups (broad SMARTS) is 1. The molecule has 1 atom stereocenters. The molecular weight excluding hydrogens is 202 g/mol. The molecule has 1 aromatic carbocycles. The van der Waals surface area contributed by atoms with Gasteiger partial charge in [0.05, 0.1) is 5.56 Å². The van der Waals surface area contributed by atoms with Gasteiger partial charge in [-0.25, -0.2) is 4.79 Å². The van der Waals surface area contributed by atoms with E-state index in [-0.39, 0.29) is 6.04 Å². The molecule has 0 radical (unpaired) electrons. The summed E-state index contributed by atoms with van der Waals surface area (Å²) in [5, 5.41) is 12.3. The zero-order valence-electron chi connectivity index (χ0n) is 9.02. The summed E-state index contributed by atoms with van der Waals surface area (Å²) in [7, 11) is 0. The molecule has 3 heteroatoms. The molecule has 0 saturated carbocycles. The number of carbonyl (C=O) groups is 1. The maximum Gasteiger partial charge on any atom is 0.337 e. The van der Waals surface area contributed by atoms with E-state index in [1.165, 1.54) is 0 Å². The van der Waals surface area contributed by atoms with Gasteiger partial charge in [0.2, 0.25) is 0 Å². The van der Waals surface area contributed by atoms with E-state index in [2.05, 4.69) is 17.5 Å². The first-order chi connectivity index (χ1) is 7.77. The van der Waals surface area contributed by atoms with Crippen LogP contribution < -0.4 is 5.32 Å². The monoisotopic (exact) mass is 217 g/mol. The largest absolute Gasteiger partial charge is 0.478 e. The summed E-state index contributed by atoms with van der Waals surface area (Å²) in [5.41, 5.74) is 1.04. The SMILES string of the molecule is O=C(O)c1ccccc1NC1C=CCCC1. The highest BCUT2D eigenvalue weighted by Gasteiger charge is 2.13. The van der Waals surface area contributed by atoms with Crippen LogP contribution in [0.5, 0.6) is 0 Å². The average molecular weight is 217 g/mol. The Morgan fingerprint density at radius 2 is 2.19 bits per heavy atom. The van der Waals surface area contributed by atoms with Gasteiger partial charge in [-0.1, -0.05) is 24.3 Å². The number of rotatable bonds is 3. The third-order valence-corrected chi connectivity index (χ3v) is 2.75. The van der Waals surface area contributed by atoms with Crippen LogP contribution in [-0.4, -0.2) is 17.1 Å². The number of nitrogens with one attached hydrogen (secondary N) is 1. The second-order valence-electron chi connectivity index (χ2n) is 3.96. The molecule has 84 valence electrons.